The number of halogens is 7. The Labute approximate surface area is 81.2 Å². The quantitative estimate of drug-likeness (QED) is 0.649. The van der Waals surface area contributed by atoms with Gasteiger partial charge in [-0.15, -0.1) is 0 Å². The van der Waals surface area contributed by atoms with Crippen LogP contribution in [-0.4, -0.2) is 31.2 Å². The van der Waals surface area contributed by atoms with E-state index in [1.807, 2.05) is 0 Å². The van der Waals surface area contributed by atoms with E-state index in [1.54, 1.807) is 0 Å². The van der Waals surface area contributed by atoms with Crippen LogP contribution < -0.4 is 0 Å². The summed E-state index contributed by atoms with van der Waals surface area (Å²) in [6.07, 6.45) is -5.74. The SMILES string of the molecule is [CH2]CCOC(F)(F)C(F)(F)C(F)(F)CF. The van der Waals surface area contributed by atoms with E-state index < -0.39 is 31.2 Å². The third kappa shape index (κ3) is 2.73. The van der Waals surface area contributed by atoms with Crippen LogP contribution in [0.2, 0.25) is 0 Å². The Morgan fingerprint density at radius 1 is 1.00 bits per heavy atom. The molecule has 15 heavy (non-hydrogen) atoms. The predicted molar refractivity (Wildman–Crippen MR) is 36.7 cm³/mol. The topological polar surface area (TPSA) is 9.23 Å². The maximum absolute atomic E-state index is 12.4. The van der Waals surface area contributed by atoms with Crippen molar-refractivity contribution in [2.24, 2.45) is 0 Å². The molecule has 0 fully saturated rings. The zero-order valence-electron chi connectivity index (χ0n) is 7.38. The first-order valence-electron chi connectivity index (χ1n) is 3.75. The van der Waals surface area contributed by atoms with Gasteiger partial charge in [-0.2, -0.15) is 26.3 Å². The van der Waals surface area contributed by atoms with E-state index >= 15 is 0 Å². The summed E-state index contributed by atoms with van der Waals surface area (Å²) >= 11 is 0. The van der Waals surface area contributed by atoms with Crippen molar-refractivity contribution >= 4 is 0 Å². The number of hydrogen-bond acceptors (Lipinski definition) is 1. The molecular weight excluding hydrogens is 233 g/mol. The molecule has 0 saturated carbocycles. The van der Waals surface area contributed by atoms with Crippen molar-refractivity contribution in [1.29, 1.82) is 0 Å². The average Bonchev–Trinajstić information content (AvgIpc) is 2.14. The molecule has 0 aliphatic carbocycles. The largest absolute Gasteiger partial charge is 0.425 e. The van der Waals surface area contributed by atoms with E-state index in [4.69, 9.17) is 0 Å². The van der Waals surface area contributed by atoms with Crippen LogP contribution in [-0.2, 0) is 4.74 Å². The molecule has 0 aliphatic heterocycles. The number of hydrogen-bond donors (Lipinski definition) is 0. The summed E-state index contributed by atoms with van der Waals surface area (Å²) in [4.78, 5) is 0. The van der Waals surface area contributed by atoms with Gasteiger partial charge in [0.2, 0.25) is 0 Å². The van der Waals surface area contributed by atoms with E-state index in [0.29, 0.717) is 0 Å². The second kappa shape index (κ2) is 4.54. The molecule has 0 amide bonds. The minimum absolute atomic E-state index is 0.313. The van der Waals surface area contributed by atoms with Crippen molar-refractivity contribution in [3.05, 3.63) is 6.92 Å². The Balaban J connectivity index is 4.83. The fraction of sp³-hybridized carbons (Fsp3) is 0.857. The van der Waals surface area contributed by atoms with E-state index in [2.05, 4.69) is 11.7 Å². The number of ether oxygens (including phenoxy) is 1. The summed E-state index contributed by atoms with van der Waals surface area (Å²) in [7, 11) is 0. The van der Waals surface area contributed by atoms with E-state index in [0.717, 1.165) is 0 Å². The van der Waals surface area contributed by atoms with Crippen LogP contribution in [0.5, 0.6) is 0 Å². The van der Waals surface area contributed by atoms with Gasteiger partial charge in [0.05, 0.1) is 6.61 Å². The van der Waals surface area contributed by atoms with Crippen LogP contribution in [0.15, 0.2) is 0 Å². The Morgan fingerprint density at radius 2 is 1.47 bits per heavy atom. The molecule has 0 aromatic heterocycles. The molecule has 0 aromatic carbocycles. The summed E-state index contributed by atoms with van der Waals surface area (Å²) in [6, 6.07) is 0. The number of rotatable bonds is 6. The highest BCUT2D eigenvalue weighted by Gasteiger charge is 2.73. The van der Waals surface area contributed by atoms with E-state index in [-0.39, 0.29) is 6.42 Å². The third-order valence-electron chi connectivity index (χ3n) is 1.42. The molecule has 0 aliphatic rings. The molecule has 0 aromatic rings. The lowest BCUT2D eigenvalue weighted by Crippen LogP contribution is -2.56. The van der Waals surface area contributed by atoms with Crippen LogP contribution in [0.3, 0.4) is 0 Å². The molecule has 0 atom stereocenters. The van der Waals surface area contributed by atoms with Crippen molar-refractivity contribution in [1.82, 2.24) is 0 Å². The highest BCUT2D eigenvalue weighted by molar-refractivity contribution is 4.91. The van der Waals surface area contributed by atoms with Gasteiger partial charge in [0.15, 0.2) is 6.67 Å². The minimum Gasteiger partial charge on any atom is -0.316 e. The molecule has 0 heterocycles. The summed E-state index contributed by atoms with van der Waals surface area (Å²) in [5.41, 5.74) is 0. The molecule has 8 heteroatoms. The highest BCUT2D eigenvalue weighted by Crippen LogP contribution is 2.46. The molecule has 91 valence electrons. The molecule has 1 nitrogen and oxygen atoms in total. The van der Waals surface area contributed by atoms with Crippen molar-refractivity contribution in [2.75, 3.05) is 13.3 Å². The molecule has 0 spiro atoms. The van der Waals surface area contributed by atoms with Crippen LogP contribution >= 0.6 is 0 Å². The molecule has 0 bridgehead atoms. The summed E-state index contributed by atoms with van der Waals surface area (Å²) in [6.45, 7) is -0.851. The van der Waals surface area contributed by atoms with Gasteiger partial charge >= 0.3 is 18.0 Å². The predicted octanol–water partition coefficient (Wildman–Crippen LogP) is 3.06. The van der Waals surface area contributed by atoms with Gasteiger partial charge in [0.25, 0.3) is 0 Å². The maximum atomic E-state index is 12.4. The lowest BCUT2D eigenvalue weighted by atomic mass is 10.1. The first-order valence-corrected chi connectivity index (χ1v) is 3.75. The van der Waals surface area contributed by atoms with Gasteiger partial charge in [-0.1, -0.05) is 6.92 Å². The van der Waals surface area contributed by atoms with Crippen molar-refractivity contribution in [3.8, 4) is 0 Å². The minimum atomic E-state index is -5.90. The lowest BCUT2D eigenvalue weighted by Gasteiger charge is -2.30. The van der Waals surface area contributed by atoms with Gasteiger partial charge in [0, 0.05) is 0 Å². The fourth-order valence-corrected chi connectivity index (χ4v) is 0.588. The molecule has 0 N–H and O–H groups in total. The molecule has 0 rings (SSSR count). The molecule has 0 unspecified atom stereocenters. The summed E-state index contributed by atoms with van der Waals surface area (Å²) in [5, 5.41) is 0. The summed E-state index contributed by atoms with van der Waals surface area (Å²) in [5.74, 6) is -11.4. The third-order valence-corrected chi connectivity index (χ3v) is 1.42. The highest BCUT2D eigenvalue weighted by atomic mass is 19.4. The smallest absolute Gasteiger partial charge is 0.316 e. The molecular formula is C7H8F7O. The van der Waals surface area contributed by atoms with Crippen LogP contribution in [0.4, 0.5) is 30.7 Å². The normalized spacial score (nSPS) is 14.4. The van der Waals surface area contributed by atoms with Gasteiger partial charge in [0.1, 0.15) is 0 Å². The first kappa shape index (κ1) is 14.5. The lowest BCUT2D eigenvalue weighted by molar-refractivity contribution is -0.399. The summed E-state index contributed by atoms with van der Waals surface area (Å²) < 4.78 is 88.7. The number of alkyl halides is 7. The monoisotopic (exact) mass is 241 g/mol. The Kier molecular flexibility index (Phi) is 4.38. The average molecular weight is 241 g/mol. The second-order valence-corrected chi connectivity index (χ2v) is 2.63. The Morgan fingerprint density at radius 3 is 1.80 bits per heavy atom. The van der Waals surface area contributed by atoms with Crippen LogP contribution in [0, 0.1) is 6.92 Å². The van der Waals surface area contributed by atoms with Gasteiger partial charge in [-0.3, -0.25) is 0 Å². The van der Waals surface area contributed by atoms with Gasteiger partial charge in [-0.05, 0) is 6.42 Å². The second-order valence-electron chi connectivity index (χ2n) is 2.63. The maximum Gasteiger partial charge on any atom is 0.425 e. The van der Waals surface area contributed by atoms with E-state index in [9.17, 15) is 30.7 Å². The van der Waals surface area contributed by atoms with Crippen molar-refractivity contribution < 1.29 is 35.5 Å². The van der Waals surface area contributed by atoms with Gasteiger partial charge < -0.3 is 4.74 Å². The van der Waals surface area contributed by atoms with Crippen LogP contribution in [0.1, 0.15) is 6.42 Å². The van der Waals surface area contributed by atoms with Crippen molar-refractivity contribution in [2.45, 2.75) is 24.4 Å². The standard InChI is InChI=1S/C7H8F7O/c1-2-3-15-7(13,14)6(11,12)5(9,10)4-8/h1-4H2. The fourth-order valence-electron chi connectivity index (χ4n) is 0.588. The van der Waals surface area contributed by atoms with Crippen molar-refractivity contribution in [3.63, 3.8) is 0 Å². The Bertz CT molecular complexity index is 204. The molecule has 0 saturated heterocycles. The zero-order valence-corrected chi connectivity index (χ0v) is 7.38. The first-order chi connectivity index (χ1) is 6.62. The van der Waals surface area contributed by atoms with Crippen LogP contribution in [0.25, 0.3) is 0 Å². The van der Waals surface area contributed by atoms with E-state index in [1.165, 1.54) is 0 Å². The zero-order chi connectivity index (χ0) is 12.3. The molecule has 1 radical (unpaired) electrons. The van der Waals surface area contributed by atoms with Gasteiger partial charge in [-0.25, -0.2) is 4.39 Å². The Hall–Kier alpha value is -0.530.